The van der Waals surface area contributed by atoms with Crippen molar-refractivity contribution in [3.8, 4) is 0 Å². The van der Waals surface area contributed by atoms with Crippen LogP contribution in [0, 0.1) is 6.07 Å². The molecule has 20 heavy (non-hydrogen) atoms. The monoisotopic (exact) mass is 467 g/mol. The van der Waals surface area contributed by atoms with Gasteiger partial charge >= 0.3 is 0 Å². The van der Waals surface area contributed by atoms with Gasteiger partial charge in [0, 0.05) is 41.4 Å². The summed E-state index contributed by atoms with van der Waals surface area (Å²) >= 11 is 0. The molecule has 5 heteroatoms. The van der Waals surface area contributed by atoms with Gasteiger partial charge in [0.2, 0.25) is 0 Å². The van der Waals surface area contributed by atoms with Crippen LogP contribution in [-0.2, 0) is 21.1 Å². The Morgan fingerprint density at radius 1 is 1.30 bits per heavy atom. The largest absolute Gasteiger partial charge is 0.512 e. The van der Waals surface area contributed by atoms with E-state index in [4.69, 9.17) is 5.11 Å². The first-order valence-electron chi connectivity index (χ1n) is 6.05. The summed E-state index contributed by atoms with van der Waals surface area (Å²) in [5.41, 5.74) is 0.970. The molecule has 2 heterocycles. The fourth-order valence-corrected chi connectivity index (χ4v) is 2.02. The molecule has 0 aliphatic carbocycles. The van der Waals surface area contributed by atoms with Crippen molar-refractivity contribution in [3.05, 3.63) is 61.0 Å². The molecule has 3 nitrogen and oxygen atoms in total. The van der Waals surface area contributed by atoms with Crippen molar-refractivity contribution in [2.24, 2.45) is 0 Å². The van der Waals surface area contributed by atoms with E-state index in [1.54, 1.807) is 6.20 Å². The molecule has 0 amide bonds. The third kappa shape index (κ3) is 4.16. The predicted molar refractivity (Wildman–Crippen MR) is 83.5 cm³/mol. The normalized spacial score (nSPS) is 10.6. The van der Waals surface area contributed by atoms with E-state index in [0.29, 0.717) is 0 Å². The van der Waals surface area contributed by atoms with E-state index >= 15 is 0 Å². The Hall–Kier alpha value is -1.17. The van der Waals surface area contributed by atoms with Crippen molar-refractivity contribution in [2.45, 2.75) is 0 Å². The van der Waals surface area contributed by atoms with Crippen LogP contribution >= 0.6 is 7.92 Å². The SMILES string of the molecule is C[PH+](C)/C=C\O.[Pt].[c-]1cccc2ccn3ccnc3c12. The summed E-state index contributed by atoms with van der Waals surface area (Å²) in [5.74, 6) is 1.82. The number of fused-ring (bicyclic) bond motifs is 3. The van der Waals surface area contributed by atoms with Gasteiger partial charge in [0.05, 0.1) is 24.8 Å². The van der Waals surface area contributed by atoms with Crippen LogP contribution in [0.4, 0.5) is 0 Å². The number of hydrogen-bond acceptors (Lipinski definition) is 2. The second-order valence-corrected chi connectivity index (χ2v) is 6.86. The molecule has 2 aromatic heterocycles. The molecule has 0 spiro atoms. The van der Waals surface area contributed by atoms with Crippen LogP contribution in [-0.4, -0.2) is 27.8 Å². The summed E-state index contributed by atoms with van der Waals surface area (Å²) < 4.78 is 2.00. The molecule has 3 rings (SSSR count). The smallest absolute Gasteiger partial charge is 0.114 e. The molecule has 0 radical (unpaired) electrons. The Morgan fingerprint density at radius 2 is 2.10 bits per heavy atom. The predicted octanol–water partition coefficient (Wildman–Crippen LogP) is 3.77. The first kappa shape index (κ1) is 16.9. The molecule has 1 N–H and O–H groups in total. The van der Waals surface area contributed by atoms with Crippen LogP contribution in [0.3, 0.4) is 0 Å². The first-order chi connectivity index (χ1) is 9.22. The van der Waals surface area contributed by atoms with E-state index in [1.165, 1.54) is 5.39 Å². The molecule has 0 bridgehead atoms. The van der Waals surface area contributed by atoms with E-state index in [9.17, 15) is 0 Å². The van der Waals surface area contributed by atoms with E-state index in [0.717, 1.165) is 17.3 Å². The first-order valence-corrected chi connectivity index (χ1v) is 8.63. The molecular formula is C15H17N2OPPt. The fourth-order valence-electron chi connectivity index (χ4n) is 1.72. The number of rotatable bonds is 1. The molecule has 0 saturated heterocycles. The molecule has 1 aromatic carbocycles. The van der Waals surface area contributed by atoms with Gasteiger partial charge in [0.15, 0.2) is 0 Å². The number of benzene rings is 1. The Kier molecular flexibility index (Phi) is 6.91. The molecule has 0 unspecified atom stereocenters. The number of hydrogen-bond donors (Lipinski definition) is 1. The molecule has 108 valence electrons. The molecular weight excluding hydrogens is 450 g/mol. The van der Waals surface area contributed by atoms with Gasteiger partial charge in [0.1, 0.15) is 6.26 Å². The quantitative estimate of drug-likeness (QED) is 0.336. The van der Waals surface area contributed by atoms with E-state index in [2.05, 4.69) is 36.5 Å². The summed E-state index contributed by atoms with van der Waals surface area (Å²) in [5, 5.41) is 10.3. The van der Waals surface area contributed by atoms with Crippen molar-refractivity contribution in [1.82, 2.24) is 9.38 Å². The zero-order valence-electron chi connectivity index (χ0n) is 11.4. The summed E-state index contributed by atoms with van der Waals surface area (Å²) in [6.45, 7) is 4.22. The zero-order valence-corrected chi connectivity index (χ0v) is 14.6. The number of nitrogens with zero attached hydrogens (tertiary/aromatic N) is 2. The fraction of sp³-hybridized carbons (Fsp3) is 0.133. The standard InChI is InChI=1S/C11H7N2.C4H9OP.Pt/c1-2-4-10-9(3-1)5-7-13-8-6-12-11(10)13;1-6(2)4-3-5;/h1-3,5-8H;3-5H,1-2H3;/q-1;;/p+1/b;4-3-;. The van der Waals surface area contributed by atoms with Crippen LogP contribution in [0.25, 0.3) is 16.4 Å². The van der Waals surface area contributed by atoms with Crippen molar-refractivity contribution < 1.29 is 26.2 Å². The Morgan fingerprint density at radius 3 is 2.75 bits per heavy atom. The van der Waals surface area contributed by atoms with E-state index in [1.807, 2.05) is 34.7 Å². The van der Waals surface area contributed by atoms with Gasteiger partial charge in [0.25, 0.3) is 0 Å². The number of imidazole rings is 1. The topological polar surface area (TPSA) is 37.5 Å². The summed E-state index contributed by atoms with van der Waals surface area (Å²) in [4.78, 5) is 4.28. The van der Waals surface area contributed by atoms with Crippen LogP contribution in [0.1, 0.15) is 0 Å². The average molecular weight is 467 g/mol. The Balaban J connectivity index is 0.000000250. The van der Waals surface area contributed by atoms with Crippen molar-refractivity contribution in [3.63, 3.8) is 0 Å². The molecule has 0 saturated carbocycles. The summed E-state index contributed by atoms with van der Waals surface area (Å²) in [7, 11) is -0.316. The second-order valence-electron chi connectivity index (χ2n) is 4.37. The maximum absolute atomic E-state index is 8.08. The number of aliphatic hydroxyl groups excluding tert-OH is 1. The maximum Gasteiger partial charge on any atom is 0.114 e. The minimum absolute atomic E-state index is 0. The van der Waals surface area contributed by atoms with Crippen molar-refractivity contribution in [2.75, 3.05) is 13.3 Å². The Labute approximate surface area is 134 Å². The molecule has 0 atom stereocenters. The average Bonchev–Trinajstić information content (AvgIpc) is 2.88. The van der Waals surface area contributed by atoms with Gasteiger partial charge in [-0.1, -0.05) is 6.07 Å². The van der Waals surface area contributed by atoms with Crippen molar-refractivity contribution >= 4 is 24.3 Å². The summed E-state index contributed by atoms with van der Waals surface area (Å²) in [6, 6.07) is 11.2. The summed E-state index contributed by atoms with van der Waals surface area (Å²) in [6.07, 6.45) is 6.87. The van der Waals surface area contributed by atoms with E-state index in [-0.39, 0.29) is 29.0 Å². The van der Waals surface area contributed by atoms with Gasteiger partial charge in [-0.15, -0.1) is 35.0 Å². The third-order valence-electron chi connectivity index (χ3n) is 2.60. The molecule has 0 aliphatic rings. The van der Waals surface area contributed by atoms with Crippen molar-refractivity contribution in [1.29, 1.82) is 0 Å². The molecule has 3 aromatic rings. The molecule has 0 fully saturated rings. The van der Waals surface area contributed by atoms with Crippen LogP contribution in [0.2, 0.25) is 0 Å². The minimum Gasteiger partial charge on any atom is -0.512 e. The maximum atomic E-state index is 8.08. The van der Waals surface area contributed by atoms with Crippen LogP contribution < -0.4 is 0 Å². The number of aliphatic hydroxyl groups is 1. The molecule has 0 aliphatic heterocycles. The third-order valence-corrected chi connectivity index (χ3v) is 3.42. The van der Waals surface area contributed by atoms with Crippen LogP contribution in [0.15, 0.2) is 54.9 Å². The minimum atomic E-state index is -0.316. The van der Waals surface area contributed by atoms with E-state index < -0.39 is 0 Å². The number of aromatic nitrogens is 2. The second kappa shape index (κ2) is 8.19. The Bertz CT molecular complexity index is 694. The van der Waals surface area contributed by atoms with Gasteiger partial charge in [-0.2, -0.15) is 0 Å². The van der Waals surface area contributed by atoms with Crippen LogP contribution in [0.5, 0.6) is 0 Å². The van der Waals surface area contributed by atoms with Gasteiger partial charge in [-0.3, -0.25) is 4.98 Å². The van der Waals surface area contributed by atoms with Gasteiger partial charge < -0.3 is 9.51 Å². The van der Waals surface area contributed by atoms with Gasteiger partial charge in [-0.05, 0) is 6.20 Å². The zero-order chi connectivity index (χ0) is 13.7. The number of pyridine rings is 1. The van der Waals surface area contributed by atoms with Gasteiger partial charge in [-0.25, -0.2) is 0 Å².